The summed E-state index contributed by atoms with van der Waals surface area (Å²) in [5, 5.41) is 14.7. The number of hydrogen-bond donors (Lipinski definition) is 3. The summed E-state index contributed by atoms with van der Waals surface area (Å²) in [5.41, 5.74) is 3.31. The van der Waals surface area contributed by atoms with Gasteiger partial charge in [-0.2, -0.15) is 0 Å². The summed E-state index contributed by atoms with van der Waals surface area (Å²) in [7, 11) is 0. The number of aliphatic carboxylic acids is 1. The number of carboxylic acids is 1. The molecule has 180 valence electrons. The molecule has 8 nitrogen and oxygen atoms in total. The van der Waals surface area contributed by atoms with Gasteiger partial charge in [0.2, 0.25) is 5.91 Å². The van der Waals surface area contributed by atoms with E-state index in [1.54, 1.807) is 6.92 Å². The van der Waals surface area contributed by atoms with Crippen LogP contribution in [0.15, 0.2) is 48.5 Å². The van der Waals surface area contributed by atoms with Crippen LogP contribution in [0.3, 0.4) is 0 Å². The molecule has 2 aliphatic rings. The minimum absolute atomic E-state index is 0.0175. The molecule has 8 heteroatoms. The predicted octanol–water partition coefficient (Wildman–Crippen LogP) is 3.30. The number of alkyl carbamates (subject to hydrolysis) is 1. The molecule has 4 rings (SSSR count). The molecular weight excluding hydrogens is 436 g/mol. The lowest BCUT2D eigenvalue weighted by Gasteiger charge is -2.26. The zero-order valence-corrected chi connectivity index (χ0v) is 19.4. The van der Waals surface area contributed by atoms with Gasteiger partial charge in [-0.25, -0.2) is 9.59 Å². The minimum atomic E-state index is -1.31. The highest BCUT2D eigenvalue weighted by Gasteiger charge is 2.38. The monoisotopic (exact) mass is 466 g/mol. The molecule has 2 aromatic carbocycles. The lowest BCUT2D eigenvalue weighted by molar-refractivity contribution is -0.147. The van der Waals surface area contributed by atoms with Gasteiger partial charge in [-0.15, -0.1) is 0 Å². The van der Waals surface area contributed by atoms with E-state index in [0.717, 1.165) is 22.3 Å². The third kappa shape index (κ3) is 4.77. The summed E-state index contributed by atoms with van der Waals surface area (Å²) in [6, 6.07) is 16.3. The number of fused-ring (bicyclic) bond motifs is 3. The van der Waals surface area contributed by atoms with E-state index in [-0.39, 0.29) is 44.1 Å². The number of rotatable bonds is 8. The van der Waals surface area contributed by atoms with E-state index in [4.69, 9.17) is 9.47 Å². The number of benzene rings is 2. The van der Waals surface area contributed by atoms with Gasteiger partial charge < -0.3 is 25.2 Å². The van der Waals surface area contributed by atoms with Crippen LogP contribution in [-0.2, 0) is 19.1 Å². The molecule has 0 saturated carbocycles. The van der Waals surface area contributed by atoms with E-state index >= 15 is 0 Å². The van der Waals surface area contributed by atoms with E-state index < -0.39 is 23.5 Å². The molecule has 1 aliphatic heterocycles. The summed E-state index contributed by atoms with van der Waals surface area (Å²) in [5.74, 6) is -1.90. The average Bonchev–Trinajstić information content (AvgIpc) is 3.44. The Labute approximate surface area is 198 Å². The molecule has 1 fully saturated rings. The smallest absolute Gasteiger partial charge is 0.407 e. The fraction of sp³-hybridized carbons (Fsp3) is 0.423. The fourth-order valence-electron chi connectivity index (χ4n) is 4.54. The van der Waals surface area contributed by atoms with Crippen molar-refractivity contribution in [2.75, 3.05) is 19.8 Å². The van der Waals surface area contributed by atoms with Crippen LogP contribution in [0.25, 0.3) is 11.1 Å². The van der Waals surface area contributed by atoms with Crippen molar-refractivity contribution >= 4 is 18.0 Å². The quantitative estimate of drug-likeness (QED) is 0.550. The van der Waals surface area contributed by atoms with Crippen molar-refractivity contribution in [3.63, 3.8) is 0 Å². The molecule has 0 spiro atoms. The number of amides is 2. The van der Waals surface area contributed by atoms with Crippen molar-refractivity contribution in [3.05, 3.63) is 59.7 Å². The van der Waals surface area contributed by atoms with Crippen molar-refractivity contribution in [3.8, 4) is 11.1 Å². The highest BCUT2D eigenvalue weighted by Crippen LogP contribution is 2.44. The first-order valence-corrected chi connectivity index (χ1v) is 11.6. The first-order chi connectivity index (χ1) is 16.3. The second-order valence-electron chi connectivity index (χ2n) is 9.07. The van der Waals surface area contributed by atoms with Crippen LogP contribution < -0.4 is 10.6 Å². The largest absolute Gasteiger partial charge is 0.480 e. The highest BCUT2D eigenvalue weighted by molar-refractivity contribution is 5.88. The Balaban J connectivity index is 1.26. The molecule has 34 heavy (non-hydrogen) atoms. The third-order valence-corrected chi connectivity index (χ3v) is 6.85. The molecule has 0 bridgehead atoms. The van der Waals surface area contributed by atoms with Gasteiger partial charge >= 0.3 is 12.1 Å². The topological polar surface area (TPSA) is 114 Å². The summed E-state index contributed by atoms with van der Waals surface area (Å²) in [4.78, 5) is 36.3. The zero-order chi connectivity index (χ0) is 24.3. The Kier molecular flexibility index (Phi) is 6.88. The van der Waals surface area contributed by atoms with Crippen LogP contribution in [0.4, 0.5) is 4.79 Å². The number of hydrogen-bond acceptors (Lipinski definition) is 5. The van der Waals surface area contributed by atoms with Crippen molar-refractivity contribution in [2.24, 2.45) is 5.92 Å². The number of ether oxygens (including phenoxy) is 2. The third-order valence-electron chi connectivity index (χ3n) is 6.85. The first kappa shape index (κ1) is 23.8. The van der Waals surface area contributed by atoms with Gasteiger partial charge in [0, 0.05) is 12.5 Å². The normalized spacial score (nSPS) is 20.6. The van der Waals surface area contributed by atoms with Crippen LogP contribution in [0.5, 0.6) is 0 Å². The van der Waals surface area contributed by atoms with Crippen LogP contribution in [0, 0.1) is 5.92 Å². The highest BCUT2D eigenvalue weighted by atomic mass is 16.5. The SMILES string of the molecule is CCC(C)(NC(=O)C1COC(CNC(=O)OCC2c3ccccc3-c3ccccc32)C1)C(=O)O. The number of carbonyl (C=O) groups excluding carboxylic acids is 2. The maximum absolute atomic E-state index is 12.5. The molecule has 1 heterocycles. The Hall–Kier alpha value is -3.39. The molecule has 1 saturated heterocycles. The summed E-state index contributed by atoms with van der Waals surface area (Å²) in [6.45, 7) is 3.81. The Morgan fingerprint density at radius 3 is 2.29 bits per heavy atom. The van der Waals surface area contributed by atoms with Crippen molar-refractivity contribution in [2.45, 2.75) is 44.2 Å². The van der Waals surface area contributed by atoms with Crippen LogP contribution >= 0.6 is 0 Å². The molecule has 3 unspecified atom stereocenters. The van der Waals surface area contributed by atoms with E-state index in [0.29, 0.717) is 6.42 Å². The Morgan fingerprint density at radius 2 is 1.71 bits per heavy atom. The number of carbonyl (C=O) groups is 3. The van der Waals surface area contributed by atoms with Crippen molar-refractivity contribution in [1.82, 2.24) is 10.6 Å². The van der Waals surface area contributed by atoms with Gasteiger partial charge in [-0.1, -0.05) is 55.5 Å². The molecule has 0 radical (unpaired) electrons. The maximum atomic E-state index is 12.5. The fourth-order valence-corrected chi connectivity index (χ4v) is 4.54. The van der Waals surface area contributed by atoms with E-state index in [1.807, 2.05) is 24.3 Å². The van der Waals surface area contributed by atoms with Crippen LogP contribution in [0.1, 0.15) is 43.7 Å². The summed E-state index contributed by atoms with van der Waals surface area (Å²) < 4.78 is 11.2. The van der Waals surface area contributed by atoms with Gasteiger partial charge in [0.05, 0.1) is 18.6 Å². The van der Waals surface area contributed by atoms with Gasteiger partial charge in [-0.3, -0.25) is 4.79 Å². The zero-order valence-electron chi connectivity index (χ0n) is 19.4. The van der Waals surface area contributed by atoms with Crippen LogP contribution in [-0.4, -0.2) is 54.5 Å². The summed E-state index contributed by atoms with van der Waals surface area (Å²) in [6.07, 6.45) is -0.208. The van der Waals surface area contributed by atoms with E-state index in [1.165, 1.54) is 6.92 Å². The number of nitrogens with one attached hydrogen (secondary N) is 2. The average molecular weight is 467 g/mol. The van der Waals surface area contributed by atoms with E-state index in [2.05, 4.69) is 34.9 Å². The molecule has 2 amide bonds. The number of carboxylic acid groups (broad SMARTS) is 1. The van der Waals surface area contributed by atoms with Gasteiger partial charge in [0.25, 0.3) is 0 Å². The van der Waals surface area contributed by atoms with Crippen LogP contribution in [0.2, 0.25) is 0 Å². The van der Waals surface area contributed by atoms with Crippen molar-refractivity contribution < 1.29 is 29.0 Å². The molecular formula is C26H30N2O6. The van der Waals surface area contributed by atoms with E-state index in [9.17, 15) is 19.5 Å². The van der Waals surface area contributed by atoms with Crippen molar-refractivity contribution in [1.29, 1.82) is 0 Å². The molecule has 2 aromatic rings. The lowest BCUT2D eigenvalue weighted by Crippen LogP contribution is -2.53. The Bertz CT molecular complexity index is 1040. The first-order valence-electron chi connectivity index (χ1n) is 11.6. The lowest BCUT2D eigenvalue weighted by atomic mass is 9.96. The second kappa shape index (κ2) is 9.85. The minimum Gasteiger partial charge on any atom is -0.480 e. The summed E-state index contributed by atoms with van der Waals surface area (Å²) >= 11 is 0. The second-order valence-corrected chi connectivity index (χ2v) is 9.07. The Morgan fingerprint density at radius 1 is 1.09 bits per heavy atom. The molecule has 1 aliphatic carbocycles. The molecule has 3 N–H and O–H groups in total. The molecule has 3 atom stereocenters. The van der Waals surface area contributed by atoms with Gasteiger partial charge in [-0.05, 0) is 42.0 Å². The predicted molar refractivity (Wildman–Crippen MR) is 125 cm³/mol. The van der Waals surface area contributed by atoms with Gasteiger partial charge in [0.1, 0.15) is 12.1 Å². The standard InChI is InChI=1S/C26H30N2O6/c1-3-26(2,24(30)31)28-23(29)16-12-17(33-14-16)13-27-25(32)34-15-22-20-10-6-4-8-18(20)19-9-5-7-11-21(19)22/h4-11,16-17,22H,3,12-15H2,1-2H3,(H,27,32)(H,28,29)(H,30,31). The maximum Gasteiger partial charge on any atom is 0.407 e. The molecule has 0 aromatic heterocycles. The van der Waals surface area contributed by atoms with Gasteiger partial charge in [0.15, 0.2) is 0 Å².